The van der Waals surface area contributed by atoms with E-state index in [0.29, 0.717) is 0 Å². The van der Waals surface area contributed by atoms with Crippen LogP contribution in [-0.4, -0.2) is 19.7 Å². The zero-order valence-electron chi connectivity index (χ0n) is 10.5. The second-order valence-corrected chi connectivity index (χ2v) is 4.38. The molecular formula is C13H13F3O3. The lowest BCUT2D eigenvalue weighted by Gasteiger charge is -2.19. The molecule has 104 valence electrons. The number of ether oxygens (including phenoxy) is 2. The Hall–Kier alpha value is -1.56. The number of methoxy groups -OCH3 is 1. The minimum atomic E-state index is -4.53. The van der Waals surface area contributed by atoms with Gasteiger partial charge in [-0.15, -0.1) is 0 Å². The van der Waals surface area contributed by atoms with Gasteiger partial charge in [0.1, 0.15) is 6.10 Å². The number of halogens is 3. The molecule has 1 heterocycles. The molecule has 1 aliphatic heterocycles. The van der Waals surface area contributed by atoms with Crippen LogP contribution in [0, 0.1) is 0 Å². The quantitative estimate of drug-likeness (QED) is 0.628. The third-order valence-electron chi connectivity index (χ3n) is 3.11. The van der Waals surface area contributed by atoms with Crippen LogP contribution < -0.4 is 0 Å². The van der Waals surface area contributed by atoms with Gasteiger partial charge < -0.3 is 9.47 Å². The maximum Gasteiger partial charge on any atom is 0.417 e. The number of hydrogen-bond donors (Lipinski definition) is 0. The second kappa shape index (κ2) is 4.85. The number of rotatable bonds is 3. The van der Waals surface area contributed by atoms with Gasteiger partial charge in [-0.3, -0.25) is 4.79 Å². The van der Waals surface area contributed by atoms with E-state index in [-0.39, 0.29) is 17.7 Å². The van der Waals surface area contributed by atoms with E-state index in [2.05, 4.69) is 4.74 Å². The van der Waals surface area contributed by atoms with Crippen LogP contribution in [0.1, 0.15) is 35.6 Å². The fraction of sp³-hybridized carbons (Fsp3) is 0.462. The summed E-state index contributed by atoms with van der Waals surface area (Å²) in [7, 11) is 1.15. The number of esters is 1. The molecule has 19 heavy (non-hydrogen) atoms. The Labute approximate surface area is 108 Å². The van der Waals surface area contributed by atoms with Crippen molar-refractivity contribution in [3.05, 3.63) is 34.9 Å². The molecule has 1 aromatic rings. The molecule has 0 aliphatic carbocycles. The Kier molecular flexibility index (Phi) is 3.54. The summed E-state index contributed by atoms with van der Waals surface area (Å²) in [6.45, 7) is 1.67. The van der Waals surface area contributed by atoms with Crippen LogP contribution in [0.5, 0.6) is 0 Å². The minimum Gasteiger partial charge on any atom is -0.469 e. The molecule has 2 rings (SSSR count). The van der Waals surface area contributed by atoms with Gasteiger partial charge in [-0.05, 0) is 18.1 Å². The van der Waals surface area contributed by atoms with Crippen molar-refractivity contribution in [2.75, 3.05) is 13.7 Å². The van der Waals surface area contributed by atoms with E-state index in [4.69, 9.17) is 4.74 Å². The van der Waals surface area contributed by atoms with Gasteiger partial charge in [-0.25, -0.2) is 0 Å². The number of carbonyl (C=O) groups is 1. The maximum atomic E-state index is 13.2. The van der Waals surface area contributed by atoms with Crippen LogP contribution in [0.2, 0.25) is 0 Å². The molecule has 1 saturated heterocycles. The van der Waals surface area contributed by atoms with Gasteiger partial charge in [0.05, 0.1) is 25.2 Å². The van der Waals surface area contributed by atoms with E-state index in [0.717, 1.165) is 7.11 Å². The zero-order valence-corrected chi connectivity index (χ0v) is 10.5. The van der Waals surface area contributed by atoms with E-state index in [9.17, 15) is 18.0 Å². The van der Waals surface area contributed by atoms with Crippen LogP contribution in [-0.2, 0) is 20.4 Å². The van der Waals surface area contributed by atoms with Crippen LogP contribution in [0.3, 0.4) is 0 Å². The molecule has 3 nitrogen and oxygen atoms in total. The van der Waals surface area contributed by atoms with E-state index in [1.165, 1.54) is 25.1 Å². The van der Waals surface area contributed by atoms with Gasteiger partial charge >= 0.3 is 12.1 Å². The van der Waals surface area contributed by atoms with Gasteiger partial charge in [0.15, 0.2) is 0 Å². The van der Waals surface area contributed by atoms with Crippen LogP contribution in [0.15, 0.2) is 18.2 Å². The largest absolute Gasteiger partial charge is 0.469 e. The summed E-state index contributed by atoms with van der Waals surface area (Å²) in [5.41, 5.74) is -0.775. The van der Waals surface area contributed by atoms with Gasteiger partial charge in [-0.2, -0.15) is 13.2 Å². The van der Waals surface area contributed by atoms with Crippen molar-refractivity contribution in [2.45, 2.75) is 25.1 Å². The summed E-state index contributed by atoms with van der Waals surface area (Å²) >= 11 is 0. The topological polar surface area (TPSA) is 38.8 Å². The summed E-state index contributed by atoms with van der Waals surface area (Å²) in [4.78, 5) is 11.5. The van der Waals surface area contributed by atoms with Crippen LogP contribution in [0.25, 0.3) is 0 Å². The molecular weight excluding hydrogens is 261 g/mol. The molecule has 6 heteroatoms. The normalized spacial score (nSPS) is 19.9. The van der Waals surface area contributed by atoms with Gasteiger partial charge in [0.2, 0.25) is 0 Å². The highest BCUT2D eigenvalue weighted by molar-refractivity contribution is 5.78. The number of benzene rings is 1. The van der Waals surface area contributed by atoms with Crippen molar-refractivity contribution in [1.29, 1.82) is 0 Å². The Morgan fingerprint density at radius 2 is 2.11 bits per heavy atom. The molecule has 1 fully saturated rings. The highest BCUT2D eigenvalue weighted by Crippen LogP contribution is 2.43. The molecule has 0 amide bonds. The smallest absolute Gasteiger partial charge is 0.417 e. The Morgan fingerprint density at radius 3 is 2.58 bits per heavy atom. The molecule has 0 saturated carbocycles. The zero-order chi connectivity index (χ0) is 14.2. The van der Waals surface area contributed by atoms with Crippen molar-refractivity contribution >= 4 is 5.97 Å². The Balaban J connectivity index is 2.54. The second-order valence-electron chi connectivity index (χ2n) is 4.38. The van der Waals surface area contributed by atoms with Crippen LogP contribution >= 0.6 is 0 Å². The molecule has 2 unspecified atom stereocenters. The maximum absolute atomic E-state index is 13.2. The van der Waals surface area contributed by atoms with E-state index < -0.39 is 29.7 Å². The summed E-state index contributed by atoms with van der Waals surface area (Å²) < 4.78 is 49.1. The third kappa shape index (κ3) is 2.73. The van der Waals surface area contributed by atoms with Crippen LogP contribution in [0.4, 0.5) is 13.2 Å². The summed E-state index contributed by atoms with van der Waals surface area (Å²) in [6, 6.07) is 4.19. The number of carbonyl (C=O) groups excluding carboxylic acids is 1. The van der Waals surface area contributed by atoms with E-state index in [1.54, 1.807) is 0 Å². The van der Waals surface area contributed by atoms with Gasteiger partial charge in [0.25, 0.3) is 0 Å². The number of alkyl halides is 3. The molecule has 2 atom stereocenters. The molecule has 1 aromatic carbocycles. The van der Waals surface area contributed by atoms with Crippen molar-refractivity contribution in [1.82, 2.24) is 0 Å². The van der Waals surface area contributed by atoms with Gasteiger partial charge in [0, 0.05) is 0 Å². The SMILES string of the molecule is COC(=O)C(C)c1cccc(C2CO2)c1C(F)(F)F. The first-order valence-electron chi connectivity index (χ1n) is 5.75. The average molecular weight is 274 g/mol. The number of epoxide rings is 1. The molecule has 1 aliphatic rings. The summed E-state index contributed by atoms with van der Waals surface area (Å²) in [5.74, 6) is -1.67. The standard InChI is InChI=1S/C13H13F3O3/c1-7(12(17)18-2)8-4-3-5-9(10-6-19-10)11(8)13(14,15)16/h3-5,7,10H,6H2,1-2H3. The minimum absolute atomic E-state index is 0.0765. The monoisotopic (exact) mass is 274 g/mol. The fourth-order valence-electron chi connectivity index (χ4n) is 2.08. The summed E-state index contributed by atoms with van der Waals surface area (Å²) in [5, 5.41) is 0. The first-order chi connectivity index (χ1) is 8.86. The summed E-state index contributed by atoms with van der Waals surface area (Å²) in [6.07, 6.45) is -5.05. The molecule has 0 N–H and O–H groups in total. The van der Waals surface area contributed by atoms with E-state index >= 15 is 0 Å². The molecule has 0 spiro atoms. The predicted molar refractivity (Wildman–Crippen MR) is 60.6 cm³/mol. The molecule has 0 radical (unpaired) electrons. The highest BCUT2D eigenvalue weighted by Gasteiger charge is 2.42. The Bertz CT molecular complexity index is 492. The lowest BCUT2D eigenvalue weighted by Crippen LogP contribution is -2.19. The average Bonchev–Trinajstić information content (AvgIpc) is 3.19. The lowest BCUT2D eigenvalue weighted by molar-refractivity contribution is -0.143. The van der Waals surface area contributed by atoms with Crippen molar-refractivity contribution in [3.8, 4) is 0 Å². The van der Waals surface area contributed by atoms with Crippen molar-refractivity contribution in [3.63, 3.8) is 0 Å². The first-order valence-corrected chi connectivity index (χ1v) is 5.75. The predicted octanol–water partition coefficient (Wildman–Crippen LogP) is 3.05. The lowest BCUT2D eigenvalue weighted by atomic mass is 9.90. The Morgan fingerprint density at radius 1 is 1.47 bits per heavy atom. The third-order valence-corrected chi connectivity index (χ3v) is 3.11. The number of hydrogen-bond acceptors (Lipinski definition) is 3. The van der Waals surface area contributed by atoms with E-state index in [1.807, 2.05) is 0 Å². The highest BCUT2D eigenvalue weighted by atomic mass is 19.4. The van der Waals surface area contributed by atoms with Crippen molar-refractivity contribution < 1.29 is 27.4 Å². The fourth-order valence-corrected chi connectivity index (χ4v) is 2.08. The molecule has 0 bridgehead atoms. The van der Waals surface area contributed by atoms with Crippen molar-refractivity contribution in [2.24, 2.45) is 0 Å². The van der Waals surface area contributed by atoms with Gasteiger partial charge in [-0.1, -0.05) is 18.2 Å². The molecule has 0 aromatic heterocycles. The first kappa shape index (κ1) is 13.9.